The van der Waals surface area contributed by atoms with Crippen LogP contribution < -0.4 is 16.6 Å². The molecule has 0 aliphatic heterocycles. The highest BCUT2D eigenvalue weighted by Crippen LogP contribution is 2.17. The van der Waals surface area contributed by atoms with Crippen LogP contribution in [0.4, 0.5) is 5.95 Å². The summed E-state index contributed by atoms with van der Waals surface area (Å²) in [5, 5.41) is 8.42. The highest BCUT2D eigenvalue weighted by Gasteiger charge is 2.16. The maximum atomic E-state index is 13.2. The third-order valence-electron chi connectivity index (χ3n) is 4.72. The van der Waals surface area contributed by atoms with Crippen LogP contribution in [0.3, 0.4) is 0 Å². The van der Waals surface area contributed by atoms with Crippen molar-refractivity contribution in [2.45, 2.75) is 26.9 Å². The van der Waals surface area contributed by atoms with E-state index in [4.69, 9.17) is 5.73 Å². The van der Waals surface area contributed by atoms with E-state index in [1.165, 1.54) is 4.68 Å². The zero-order valence-corrected chi connectivity index (χ0v) is 16.9. The first kappa shape index (κ1) is 19.5. The summed E-state index contributed by atoms with van der Waals surface area (Å²) >= 11 is 0. The minimum Gasteiger partial charge on any atom is -0.354 e. The zero-order chi connectivity index (χ0) is 21.1. The Labute approximate surface area is 173 Å². The minimum atomic E-state index is -0.270. The summed E-state index contributed by atoms with van der Waals surface area (Å²) in [5.74, 6) is 6.93. The zero-order valence-electron chi connectivity index (χ0n) is 16.9. The Kier molecular flexibility index (Phi) is 5.41. The van der Waals surface area contributed by atoms with E-state index in [-0.39, 0.29) is 12.1 Å². The molecule has 0 aliphatic carbocycles. The van der Waals surface area contributed by atoms with Crippen LogP contribution in [0.1, 0.15) is 18.4 Å². The summed E-state index contributed by atoms with van der Waals surface area (Å²) in [6, 6.07) is 7.79. The van der Waals surface area contributed by atoms with E-state index in [2.05, 4.69) is 37.2 Å². The van der Waals surface area contributed by atoms with Gasteiger partial charge in [0, 0.05) is 24.2 Å². The molecule has 152 valence electrons. The fraction of sp³-hybridized carbons (Fsp3) is 0.286. The number of aromatic nitrogens is 6. The highest BCUT2D eigenvalue weighted by atomic mass is 16.1. The lowest BCUT2D eigenvalue weighted by molar-refractivity contribution is 0.618. The largest absolute Gasteiger partial charge is 0.354 e. The first-order valence-corrected chi connectivity index (χ1v) is 9.64. The second kappa shape index (κ2) is 8.31. The number of anilines is 1. The van der Waals surface area contributed by atoms with Crippen molar-refractivity contribution < 1.29 is 0 Å². The van der Waals surface area contributed by atoms with Crippen molar-refractivity contribution in [3.05, 3.63) is 52.3 Å². The Hall–Kier alpha value is -3.77. The molecule has 9 nitrogen and oxygen atoms in total. The number of nitrogens with zero attached hydrogens (tertiary/aromatic N) is 6. The molecule has 0 radical (unpaired) electrons. The van der Waals surface area contributed by atoms with E-state index in [0.717, 1.165) is 16.6 Å². The molecule has 0 saturated heterocycles. The topological polar surface area (TPSA) is 117 Å². The summed E-state index contributed by atoms with van der Waals surface area (Å²) in [6.07, 6.45) is 1.58. The van der Waals surface area contributed by atoms with Crippen LogP contribution in [0.25, 0.3) is 21.9 Å². The van der Waals surface area contributed by atoms with Crippen LogP contribution in [-0.4, -0.2) is 42.4 Å². The highest BCUT2D eigenvalue weighted by molar-refractivity contribution is 5.80. The number of nitrogens with two attached hydrogens (primary N) is 1. The van der Waals surface area contributed by atoms with Gasteiger partial charge in [0.25, 0.3) is 5.56 Å². The fourth-order valence-electron chi connectivity index (χ4n) is 3.33. The molecule has 0 amide bonds. The average Bonchev–Trinajstić information content (AvgIpc) is 3.11. The van der Waals surface area contributed by atoms with Gasteiger partial charge in [-0.25, -0.2) is 19.6 Å². The molecule has 4 aromatic rings. The number of fused-ring (bicyclic) bond motifs is 2. The van der Waals surface area contributed by atoms with Crippen molar-refractivity contribution in [2.75, 3.05) is 18.4 Å². The number of rotatable bonds is 6. The second-order valence-corrected chi connectivity index (χ2v) is 6.75. The molecule has 0 atom stereocenters. The van der Waals surface area contributed by atoms with Gasteiger partial charge in [-0.15, -0.1) is 5.92 Å². The van der Waals surface area contributed by atoms with Gasteiger partial charge < -0.3 is 11.1 Å². The molecule has 0 saturated carbocycles. The van der Waals surface area contributed by atoms with Crippen molar-refractivity contribution in [1.82, 2.24) is 29.3 Å². The fourth-order valence-corrected chi connectivity index (χ4v) is 3.33. The molecule has 4 rings (SSSR count). The molecule has 0 aliphatic rings. The van der Waals surface area contributed by atoms with Crippen molar-refractivity contribution in [3.63, 3.8) is 0 Å². The number of hydrogen-bond donors (Lipinski definition) is 2. The molecule has 0 unspecified atom stereocenters. The number of hydrogen-bond acceptors (Lipinski definition) is 7. The maximum Gasteiger partial charge on any atom is 0.293 e. The van der Waals surface area contributed by atoms with Crippen LogP contribution >= 0.6 is 0 Å². The minimum absolute atomic E-state index is 0.163. The van der Waals surface area contributed by atoms with Gasteiger partial charge in [0.05, 0.1) is 18.3 Å². The smallest absolute Gasteiger partial charge is 0.293 e. The standard InChI is InChI=1S/C21H22N8O/c1-3-4-11-28-19-17(27-21(28)23-10-9-22)12-24-29(20(19)30)13-18-25-14(2)15-7-5-6-8-16(15)26-18/h5-8,12H,9-11,13,22H2,1-2H3,(H,23,27). The van der Waals surface area contributed by atoms with Crippen molar-refractivity contribution in [2.24, 2.45) is 5.73 Å². The average molecular weight is 402 g/mol. The number of benzene rings is 1. The molecule has 1 aromatic carbocycles. The number of aryl methyl sites for hydroxylation is 1. The summed E-state index contributed by atoms with van der Waals surface area (Å²) in [6.45, 7) is 5.17. The third-order valence-corrected chi connectivity index (χ3v) is 4.72. The summed E-state index contributed by atoms with van der Waals surface area (Å²) in [7, 11) is 0. The van der Waals surface area contributed by atoms with Crippen LogP contribution in [0.15, 0.2) is 35.3 Å². The van der Waals surface area contributed by atoms with E-state index in [0.29, 0.717) is 42.4 Å². The molecule has 0 fully saturated rings. The molecule has 0 bridgehead atoms. The maximum absolute atomic E-state index is 13.2. The predicted molar refractivity (Wildman–Crippen MR) is 116 cm³/mol. The Bertz CT molecular complexity index is 1340. The van der Waals surface area contributed by atoms with Gasteiger partial charge in [0.15, 0.2) is 5.82 Å². The SMILES string of the molecule is CC#CCn1c(NCCN)nc2cnn(Cc3nc(C)c4ccccc4n3)c(=O)c21. The van der Waals surface area contributed by atoms with Crippen molar-refractivity contribution >= 4 is 27.9 Å². The van der Waals surface area contributed by atoms with Crippen LogP contribution in [0.5, 0.6) is 0 Å². The third kappa shape index (κ3) is 3.60. The van der Waals surface area contributed by atoms with E-state index in [9.17, 15) is 4.79 Å². The van der Waals surface area contributed by atoms with E-state index < -0.39 is 0 Å². The Morgan fingerprint density at radius 3 is 2.80 bits per heavy atom. The van der Waals surface area contributed by atoms with E-state index in [1.54, 1.807) is 17.7 Å². The lowest BCUT2D eigenvalue weighted by Crippen LogP contribution is -2.26. The molecule has 0 spiro atoms. The summed E-state index contributed by atoms with van der Waals surface area (Å²) in [4.78, 5) is 26.9. The molecule has 3 N–H and O–H groups in total. The van der Waals surface area contributed by atoms with Crippen molar-refractivity contribution in [1.29, 1.82) is 0 Å². The van der Waals surface area contributed by atoms with E-state index >= 15 is 0 Å². The summed E-state index contributed by atoms with van der Waals surface area (Å²) in [5.41, 5.74) is 7.96. The molecular weight excluding hydrogens is 380 g/mol. The van der Waals surface area contributed by atoms with Gasteiger partial charge in [0.1, 0.15) is 17.6 Å². The first-order valence-electron chi connectivity index (χ1n) is 9.64. The van der Waals surface area contributed by atoms with Gasteiger partial charge in [-0.1, -0.05) is 24.1 Å². The molecule has 3 aromatic heterocycles. The second-order valence-electron chi connectivity index (χ2n) is 6.75. The van der Waals surface area contributed by atoms with Crippen LogP contribution in [-0.2, 0) is 13.1 Å². The molecular formula is C21H22N8O. The Morgan fingerprint density at radius 1 is 1.17 bits per heavy atom. The van der Waals surface area contributed by atoms with Crippen LogP contribution in [0, 0.1) is 18.8 Å². The number of para-hydroxylation sites is 1. The number of imidazole rings is 1. The van der Waals surface area contributed by atoms with Gasteiger partial charge in [0.2, 0.25) is 5.95 Å². The normalized spacial score (nSPS) is 10.9. The van der Waals surface area contributed by atoms with Crippen molar-refractivity contribution in [3.8, 4) is 11.8 Å². The van der Waals surface area contributed by atoms with E-state index in [1.807, 2.05) is 31.2 Å². The lowest BCUT2D eigenvalue weighted by atomic mass is 10.2. The lowest BCUT2D eigenvalue weighted by Gasteiger charge is -2.08. The van der Waals surface area contributed by atoms with Gasteiger partial charge >= 0.3 is 0 Å². The number of nitrogens with one attached hydrogen (secondary N) is 1. The Balaban J connectivity index is 1.79. The summed E-state index contributed by atoms with van der Waals surface area (Å²) < 4.78 is 3.12. The quantitative estimate of drug-likeness (QED) is 0.467. The van der Waals surface area contributed by atoms with Gasteiger partial charge in [-0.3, -0.25) is 9.36 Å². The monoisotopic (exact) mass is 402 g/mol. The molecule has 9 heteroatoms. The Morgan fingerprint density at radius 2 is 2.00 bits per heavy atom. The van der Waals surface area contributed by atoms with Gasteiger partial charge in [-0.05, 0) is 19.9 Å². The predicted octanol–water partition coefficient (Wildman–Crippen LogP) is 1.29. The van der Waals surface area contributed by atoms with Gasteiger partial charge in [-0.2, -0.15) is 5.10 Å². The molecule has 3 heterocycles. The van der Waals surface area contributed by atoms with Crippen LogP contribution in [0.2, 0.25) is 0 Å². The first-order chi connectivity index (χ1) is 14.6. The molecule has 30 heavy (non-hydrogen) atoms.